The fourth-order valence-electron chi connectivity index (χ4n) is 5.21. The SMILES string of the molecule is COC(=O)Nc1ccc(C(O)(CC(C)N(Cc2ccccc2)C[C@H](O)COc2ccccc2)c2ccc(NC(=O)OC)cc2)cc1. The van der Waals surface area contributed by atoms with Crippen molar-refractivity contribution in [3.8, 4) is 5.75 Å². The molecule has 0 aromatic heterocycles. The number of ether oxygens (including phenoxy) is 3. The molecular weight excluding hydrogens is 586 g/mol. The van der Waals surface area contributed by atoms with Crippen molar-refractivity contribution in [3.63, 3.8) is 0 Å². The van der Waals surface area contributed by atoms with Crippen molar-refractivity contribution in [1.29, 1.82) is 0 Å². The smallest absolute Gasteiger partial charge is 0.411 e. The maximum Gasteiger partial charge on any atom is 0.411 e. The molecule has 0 aliphatic heterocycles. The Labute approximate surface area is 269 Å². The molecule has 0 saturated carbocycles. The summed E-state index contributed by atoms with van der Waals surface area (Å²) < 4.78 is 15.2. The van der Waals surface area contributed by atoms with E-state index in [9.17, 15) is 19.8 Å². The molecule has 10 nitrogen and oxygen atoms in total. The van der Waals surface area contributed by atoms with Gasteiger partial charge in [0, 0.05) is 30.5 Å². The standard InChI is InChI=1S/C36H41N3O7/c1-26(39(23-27-10-6-4-7-11-27)24-32(40)25-46-33-12-8-5-9-13-33)22-36(43,28-14-18-30(19-15-28)37-34(41)44-2)29-16-20-31(21-17-29)38-35(42)45-3/h4-21,26,32,40,43H,22-25H2,1-3H3,(H,37,41)(H,38,42)/t26?,32-/m0/s1. The molecule has 0 fully saturated rings. The number of nitrogens with one attached hydrogen (secondary N) is 2. The fourth-order valence-corrected chi connectivity index (χ4v) is 5.21. The number of aliphatic hydroxyl groups excluding tert-OH is 1. The van der Waals surface area contributed by atoms with E-state index >= 15 is 0 Å². The number of carbonyl (C=O) groups excluding carboxylic acids is 2. The highest BCUT2D eigenvalue weighted by atomic mass is 16.5. The van der Waals surface area contributed by atoms with Gasteiger partial charge in [-0.2, -0.15) is 0 Å². The van der Waals surface area contributed by atoms with Crippen LogP contribution in [-0.4, -0.2) is 66.8 Å². The van der Waals surface area contributed by atoms with Gasteiger partial charge in [-0.15, -0.1) is 0 Å². The van der Waals surface area contributed by atoms with Crippen molar-refractivity contribution in [2.75, 3.05) is 38.0 Å². The summed E-state index contributed by atoms with van der Waals surface area (Å²) in [6.07, 6.45) is -1.75. The molecule has 10 heteroatoms. The molecule has 4 rings (SSSR count). The minimum atomic E-state index is -1.49. The lowest BCUT2D eigenvalue weighted by Gasteiger charge is -2.38. The van der Waals surface area contributed by atoms with Gasteiger partial charge in [0.1, 0.15) is 24.1 Å². The van der Waals surface area contributed by atoms with Crippen LogP contribution < -0.4 is 15.4 Å². The van der Waals surface area contributed by atoms with Gasteiger partial charge in [-0.3, -0.25) is 15.5 Å². The highest BCUT2D eigenvalue weighted by Gasteiger charge is 2.35. The topological polar surface area (TPSA) is 130 Å². The molecule has 0 bridgehead atoms. The molecule has 1 unspecified atom stereocenters. The molecule has 0 radical (unpaired) electrons. The molecule has 242 valence electrons. The Hall–Kier alpha value is -4.90. The third-order valence-electron chi connectivity index (χ3n) is 7.66. The minimum Gasteiger partial charge on any atom is -0.491 e. The number of benzene rings is 4. The van der Waals surface area contributed by atoms with Crippen LogP contribution in [-0.2, 0) is 21.6 Å². The van der Waals surface area contributed by atoms with E-state index in [0.717, 1.165) is 5.56 Å². The summed E-state index contributed by atoms with van der Waals surface area (Å²) in [6, 6.07) is 32.8. The predicted octanol–water partition coefficient (Wildman–Crippen LogP) is 6.00. The summed E-state index contributed by atoms with van der Waals surface area (Å²) in [4.78, 5) is 25.6. The van der Waals surface area contributed by atoms with Gasteiger partial charge in [-0.05, 0) is 66.4 Å². The summed E-state index contributed by atoms with van der Waals surface area (Å²) in [7, 11) is 2.57. The number of nitrogens with zero attached hydrogens (tertiary/aromatic N) is 1. The van der Waals surface area contributed by atoms with E-state index in [2.05, 4.69) is 15.5 Å². The van der Waals surface area contributed by atoms with E-state index in [1.54, 1.807) is 48.5 Å². The average Bonchev–Trinajstić information content (AvgIpc) is 3.08. The monoisotopic (exact) mass is 627 g/mol. The first-order valence-electron chi connectivity index (χ1n) is 15.0. The van der Waals surface area contributed by atoms with Crippen LogP contribution in [0.4, 0.5) is 21.0 Å². The molecule has 4 N–H and O–H groups in total. The number of aliphatic hydroxyl groups is 2. The third kappa shape index (κ3) is 9.55. The van der Waals surface area contributed by atoms with Crippen LogP contribution in [0, 0.1) is 0 Å². The van der Waals surface area contributed by atoms with Gasteiger partial charge in [0.25, 0.3) is 0 Å². The van der Waals surface area contributed by atoms with Gasteiger partial charge in [0.2, 0.25) is 0 Å². The van der Waals surface area contributed by atoms with E-state index in [0.29, 0.717) is 41.3 Å². The van der Waals surface area contributed by atoms with Crippen molar-refractivity contribution < 1.29 is 34.0 Å². The van der Waals surface area contributed by atoms with Crippen molar-refractivity contribution >= 4 is 23.6 Å². The Morgan fingerprint density at radius 3 is 1.72 bits per heavy atom. The molecule has 0 aliphatic rings. The lowest BCUT2D eigenvalue weighted by molar-refractivity contribution is 0.0107. The predicted molar refractivity (Wildman–Crippen MR) is 177 cm³/mol. The second-order valence-corrected chi connectivity index (χ2v) is 11.0. The van der Waals surface area contributed by atoms with Crippen LogP contribution >= 0.6 is 0 Å². The largest absolute Gasteiger partial charge is 0.491 e. The Balaban J connectivity index is 1.62. The summed E-state index contributed by atoms with van der Waals surface area (Å²) in [5, 5.41) is 28.9. The highest BCUT2D eigenvalue weighted by molar-refractivity contribution is 5.85. The zero-order valence-electron chi connectivity index (χ0n) is 26.3. The normalized spacial score (nSPS) is 12.6. The summed E-state index contributed by atoms with van der Waals surface area (Å²) >= 11 is 0. The van der Waals surface area contributed by atoms with Gasteiger partial charge in [-0.1, -0.05) is 72.8 Å². The Morgan fingerprint density at radius 2 is 1.24 bits per heavy atom. The van der Waals surface area contributed by atoms with Gasteiger partial charge in [0.05, 0.1) is 14.2 Å². The molecule has 0 spiro atoms. The van der Waals surface area contributed by atoms with Gasteiger partial charge < -0.3 is 24.4 Å². The number of methoxy groups -OCH3 is 2. The van der Waals surface area contributed by atoms with Gasteiger partial charge in [-0.25, -0.2) is 9.59 Å². The van der Waals surface area contributed by atoms with Crippen molar-refractivity contribution in [2.45, 2.75) is 37.6 Å². The summed E-state index contributed by atoms with van der Waals surface area (Å²) in [6.45, 7) is 2.95. The highest BCUT2D eigenvalue weighted by Crippen LogP contribution is 2.37. The first-order valence-corrected chi connectivity index (χ1v) is 15.0. The molecule has 4 aromatic carbocycles. The van der Waals surface area contributed by atoms with Crippen molar-refractivity contribution in [3.05, 3.63) is 126 Å². The van der Waals surface area contributed by atoms with Crippen LogP contribution in [0.25, 0.3) is 0 Å². The molecule has 0 heterocycles. The second-order valence-electron chi connectivity index (χ2n) is 11.0. The van der Waals surface area contributed by atoms with E-state index in [-0.39, 0.29) is 19.1 Å². The van der Waals surface area contributed by atoms with Crippen molar-refractivity contribution in [2.24, 2.45) is 0 Å². The van der Waals surface area contributed by atoms with E-state index in [1.807, 2.05) is 67.6 Å². The molecule has 46 heavy (non-hydrogen) atoms. The fraction of sp³-hybridized carbons (Fsp3) is 0.278. The first-order chi connectivity index (χ1) is 22.2. The molecule has 2 atom stereocenters. The zero-order valence-corrected chi connectivity index (χ0v) is 26.3. The zero-order chi connectivity index (χ0) is 32.9. The quantitative estimate of drug-likeness (QED) is 0.134. The first kappa shape index (κ1) is 34.0. The van der Waals surface area contributed by atoms with Gasteiger partial charge >= 0.3 is 12.2 Å². The Kier molecular flexibility index (Phi) is 12.1. The number of anilines is 2. The van der Waals surface area contributed by atoms with Crippen LogP contribution in [0.1, 0.15) is 30.0 Å². The number of hydrogen-bond acceptors (Lipinski definition) is 8. The maximum atomic E-state index is 12.5. The molecule has 0 aliphatic carbocycles. The number of para-hydroxylation sites is 1. The second kappa shape index (κ2) is 16.4. The molecule has 0 saturated heterocycles. The summed E-state index contributed by atoms with van der Waals surface area (Å²) in [5.41, 5.74) is 1.78. The average molecular weight is 628 g/mol. The van der Waals surface area contributed by atoms with Crippen LogP contribution in [0.2, 0.25) is 0 Å². The van der Waals surface area contributed by atoms with Crippen LogP contribution in [0.15, 0.2) is 109 Å². The molecule has 2 amide bonds. The molecule has 4 aromatic rings. The third-order valence-corrected chi connectivity index (χ3v) is 7.66. The summed E-state index contributed by atoms with van der Waals surface area (Å²) in [5.74, 6) is 0.675. The number of hydrogen-bond donors (Lipinski definition) is 4. The van der Waals surface area contributed by atoms with E-state index in [4.69, 9.17) is 14.2 Å². The number of amides is 2. The lowest BCUT2D eigenvalue weighted by Crippen LogP contribution is -2.44. The van der Waals surface area contributed by atoms with Crippen LogP contribution in [0.5, 0.6) is 5.75 Å². The van der Waals surface area contributed by atoms with Gasteiger partial charge in [0.15, 0.2) is 0 Å². The minimum absolute atomic E-state index is 0.107. The Morgan fingerprint density at radius 1 is 0.761 bits per heavy atom. The van der Waals surface area contributed by atoms with Crippen LogP contribution in [0.3, 0.4) is 0 Å². The van der Waals surface area contributed by atoms with E-state index in [1.165, 1.54) is 14.2 Å². The Bertz CT molecular complexity index is 1460. The van der Waals surface area contributed by atoms with E-state index < -0.39 is 23.9 Å². The number of rotatable bonds is 14. The molecular formula is C36H41N3O7. The lowest BCUT2D eigenvalue weighted by atomic mass is 9.81. The van der Waals surface area contributed by atoms with Crippen molar-refractivity contribution in [1.82, 2.24) is 4.90 Å². The number of carbonyl (C=O) groups is 2. The maximum absolute atomic E-state index is 12.5.